The molecule has 0 aromatic heterocycles. The maximum atomic E-state index is 13.4. The van der Waals surface area contributed by atoms with Gasteiger partial charge in [0.25, 0.3) is 0 Å². The van der Waals surface area contributed by atoms with Crippen LogP contribution in [0.3, 0.4) is 0 Å². The number of halogens is 1. The Labute approximate surface area is 179 Å². The normalized spacial score (nSPS) is 31.7. The molecule has 5 atom stereocenters. The topological polar surface area (TPSA) is 105 Å². The van der Waals surface area contributed by atoms with Crippen molar-refractivity contribution in [2.75, 3.05) is 25.1 Å². The Morgan fingerprint density at radius 3 is 2.87 bits per heavy atom. The average Bonchev–Trinajstić information content (AvgIpc) is 3.33. The van der Waals surface area contributed by atoms with Gasteiger partial charge in [-0.05, 0) is 38.3 Å². The Morgan fingerprint density at radius 1 is 1.43 bits per heavy atom. The number of hydrogen-bond donors (Lipinski definition) is 2. The van der Waals surface area contributed by atoms with E-state index in [-0.39, 0.29) is 25.7 Å². The first kappa shape index (κ1) is 21.1. The Bertz CT molecular complexity index is 872. The zero-order valence-corrected chi connectivity index (χ0v) is 17.6. The van der Waals surface area contributed by atoms with Gasteiger partial charge in [0.15, 0.2) is 0 Å². The van der Waals surface area contributed by atoms with Gasteiger partial charge in [-0.3, -0.25) is 14.4 Å². The molecule has 162 valence electrons. The molecular weight excluding hydrogens is 412 g/mol. The maximum absolute atomic E-state index is 13.4. The van der Waals surface area contributed by atoms with Crippen molar-refractivity contribution < 1.29 is 29.0 Å². The molecule has 3 saturated heterocycles. The number of esters is 1. The van der Waals surface area contributed by atoms with Crippen molar-refractivity contribution in [1.29, 1.82) is 0 Å². The molecule has 8 nitrogen and oxygen atoms in total. The summed E-state index contributed by atoms with van der Waals surface area (Å²) in [5.41, 5.74) is 0.131. The molecule has 4 rings (SSSR count). The number of nitrogens with one attached hydrogen (secondary N) is 1. The van der Waals surface area contributed by atoms with Gasteiger partial charge in [0.2, 0.25) is 11.8 Å². The van der Waals surface area contributed by atoms with Crippen LogP contribution in [0.25, 0.3) is 0 Å². The molecule has 30 heavy (non-hydrogen) atoms. The van der Waals surface area contributed by atoms with Gasteiger partial charge in [-0.25, -0.2) is 0 Å². The van der Waals surface area contributed by atoms with E-state index in [0.29, 0.717) is 23.6 Å². The van der Waals surface area contributed by atoms with Gasteiger partial charge in [-0.2, -0.15) is 0 Å². The number of carbonyl (C=O) groups is 3. The minimum atomic E-state index is -1.12. The number of para-hydroxylation sites is 1. The zero-order chi connectivity index (χ0) is 21.6. The largest absolute Gasteiger partial charge is 0.466 e. The molecule has 0 aliphatic carbocycles. The number of amides is 2. The van der Waals surface area contributed by atoms with Gasteiger partial charge in [0.05, 0.1) is 41.9 Å². The SMILES string of the molecule is CCOC(=O)[C@@H]1[C@H]2C(=O)N(CCO)C(C(=O)Nc3c(C)cccc3Cl)C23CC[C@H]1O3. The highest BCUT2D eigenvalue weighted by Gasteiger charge is 2.74. The number of aliphatic hydroxyl groups excluding tert-OH is 1. The molecule has 2 bridgehead atoms. The van der Waals surface area contributed by atoms with E-state index >= 15 is 0 Å². The van der Waals surface area contributed by atoms with E-state index < -0.39 is 41.5 Å². The lowest BCUT2D eigenvalue weighted by atomic mass is 9.71. The summed E-state index contributed by atoms with van der Waals surface area (Å²) in [6.45, 7) is 3.39. The number of anilines is 1. The van der Waals surface area contributed by atoms with Crippen LogP contribution in [0.15, 0.2) is 18.2 Å². The molecular formula is C21H25ClN2O6. The van der Waals surface area contributed by atoms with E-state index in [2.05, 4.69) is 5.32 Å². The molecule has 1 aromatic carbocycles. The minimum Gasteiger partial charge on any atom is -0.466 e. The summed E-state index contributed by atoms with van der Waals surface area (Å²) in [5.74, 6) is -2.83. The van der Waals surface area contributed by atoms with Crippen LogP contribution >= 0.6 is 11.6 Å². The summed E-state index contributed by atoms with van der Waals surface area (Å²) in [4.78, 5) is 40.7. The summed E-state index contributed by atoms with van der Waals surface area (Å²) >= 11 is 6.27. The summed E-state index contributed by atoms with van der Waals surface area (Å²) in [5, 5.41) is 12.8. The molecule has 9 heteroatoms. The Morgan fingerprint density at radius 2 is 2.20 bits per heavy atom. The van der Waals surface area contributed by atoms with Crippen molar-refractivity contribution >= 4 is 35.1 Å². The lowest BCUT2D eigenvalue weighted by Crippen LogP contribution is -2.53. The van der Waals surface area contributed by atoms with Crippen LogP contribution in [-0.2, 0) is 23.9 Å². The number of nitrogens with zero attached hydrogens (tertiary/aromatic N) is 1. The highest BCUT2D eigenvalue weighted by Crippen LogP contribution is 2.58. The number of fused-ring (bicyclic) bond motifs is 1. The first-order chi connectivity index (χ1) is 14.4. The lowest BCUT2D eigenvalue weighted by molar-refractivity contribution is -0.154. The molecule has 0 radical (unpaired) electrons. The highest BCUT2D eigenvalue weighted by atomic mass is 35.5. The summed E-state index contributed by atoms with van der Waals surface area (Å²) < 4.78 is 11.4. The fourth-order valence-corrected chi connectivity index (χ4v) is 5.56. The van der Waals surface area contributed by atoms with E-state index in [9.17, 15) is 19.5 Å². The molecule has 2 unspecified atom stereocenters. The quantitative estimate of drug-likeness (QED) is 0.655. The second-order valence-corrected chi connectivity index (χ2v) is 8.39. The van der Waals surface area contributed by atoms with Gasteiger partial charge in [0, 0.05) is 6.54 Å². The van der Waals surface area contributed by atoms with Crippen LogP contribution in [0.4, 0.5) is 5.69 Å². The van der Waals surface area contributed by atoms with Crippen molar-refractivity contribution in [3.63, 3.8) is 0 Å². The monoisotopic (exact) mass is 436 g/mol. The standard InChI is InChI=1S/C21H25ClN2O6/c1-3-29-20(28)14-13-7-8-21(30-13)15(14)19(27)24(9-10-25)17(21)18(26)23-16-11(2)5-4-6-12(16)22/h4-6,13-15,17,25H,3,7-10H2,1-2H3,(H,23,26)/t13-,14+,15+,17?,21?/m1/s1. The zero-order valence-electron chi connectivity index (χ0n) is 16.9. The van der Waals surface area contributed by atoms with E-state index in [1.54, 1.807) is 19.1 Å². The molecule has 3 aliphatic rings. The first-order valence-electron chi connectivity index (χ1n) is 10.2. The van der Waals surface area contributed by atoms with Gasteiger partial charge in [-0.1, -0.05) is 23.7 Å². The summed E-state index contributed by atoms with van der Waals surface area (Å²) in [6, 6.07) is 4.31. The van der Waals surface area contributed by atoms with E-state index in [4.69, 9.17) is 21.1 Å². The molecule has 3 heterocycles. The second-order valence-electron chi connectivity index (χ2n) is 7.98. The molecule has 1 aromatic rings. The van der Waals surface area contributed by atoms with Crippen LogP contribution in [-0.4, -0.2) is 65.3 Å². The maximum Gasteiger partial charge on any atom is 0.312 e. The van der Waals surface area contributed by atoms with Crippen LogP contribution in [0.1, 0.15) is 25.3 Å². The predicted molar refractivity (Wildman–Crippen MR) is 108 cm³/mol. The third-order valence-corrected chi connectivity index (χ3v) is 6.73. The van der Waals surface area contributed by atoms with Gasteiger partial charge in [-0.15, -0.1) is 0 Å². The molecule has 2 amide bonds. The third-order valence-electron chi connectivity index (χ3n) is 6.42. The van der Waals surface area contributed by atoms with Gasteiger partial charge >= 0.3 is 5.97 Å². The smallest absolute Gasteiger partial charge is 0.312 e. The predicted octanol–water partition coefficient (Wildman–Crippen LogP) is 1.52. The fraction of sp³-hybridized carbons (Fsp3) is 0.571. The Hall–Kier alpha value is -2.16. The van der Waals surface area contributed by atoms with Gasteiger partial charge < -0.3 is 24.8 Å². The lowest BCUT2D eigenvalue weighted by Gasteiger charge is -2.33. The van der Waals surface area contributed by atoms with Crippen LogP contribution < -0.4 is 5.32 Å². The molecule has 2 N–H and O–H groups in total. The fourth-order valence-electron chi connectivity index (χ4n) is 5.29. The minimum absolute atomic E-state index is 0.0275. The molecule has 1 spiro atoms. The van der Waals surface area contributed by atoms with Crippen molar-refractivity contribution in [2.45, 2.75) is 44.4 Å². The van der Waals surface area contributed by atoms with Crippen LogP contribution in [0.2, 0.25) is 5.02 Å². The van der Waals surface area contributed by atoms with Crippen molar-refractivity contribution in [3.8, 4) is 0 Å². The molecule has 0 saturated carbocycles. The molecule has 3 fully saturated rings. The number of aryl methyl sites for hydroxylation is 1. The number of rotatable bonds is 6. The second kappa shape index (κ2) is 7.83. The average molecular weight is 437 g/mol. The van der Waals surface area contributed by atoms with Crippen molar-refractivity contribution in [1.82, 2.24) is 4.90 Å². The Balaban J connectivity index is 1.71. The van der Waals surface area contributed by atoms with E-state index in [1.807, 2.05) is 13.0 Å². The number of ether oxygens (including phenoxy) is 2. The van der Waals surface area contributed by atoms with Crippen molar-refractivity contribution in [2.24, 2.45) is 11.8 Å². The molecule has 3 aliphatic heterocycles. The van der Waals surface area contributed by atoms with Crippen LogP contribution in [0, 0.1) is 18.8 Å². The van der Waals surface area contributed by atoms with E-state index in [1.165, 1.54) is 4.90 Å². The van der Waals surface area contributed by atoms with Crippen LogP contribution in [0.5, 0.6) is 0 Å². The number of aliphatic hydroxyl groups is 1. The summed E-state index contributed by atoms with van der Waals surface area (Å²) in [7, 11) is 0. The third kappa shape index (κ3) is 3.01. The Kier molecular flexibility index (Phi) is 5.50. The van der Waals surface area contributed by atoms with E-state index in [0.717, 1.165) is 5.56 Å². The number of β-amino-alcohol motifs (C(OH)–C–C–N with tert-alkyl or cyclic N) is 1. The summed E-state index contributed by atoms with van der Waals surface area (Å²) in [6.07, 6.45) is 0.590. The number of carbonyl (C=O) groups excluding carboxylic acids is 3. The number of benzene rings is 1. The first-order valence-corrected chi connectivity index (χ1v) is 10.5. The van der Waals surface area contributed by atoms with Crippen molar-refractivity contribution in [3.05, 3.63) is 28.8 Å². The highest BCUT2D eigenvalue weighted by molar-refractivity contribution is 6.34. The van der Waals surface area contributed by atoms with Gasteiger partial charge in [0.1, 0.15) is 11.6 Å². The number of hydrogen-bond acceptors (Lipinski definition) is 6. The number of likely N-dealkylation sites (tertiary alicyclic amines) is 1.